The third-order valence-electron chi connectivity index (χ3n) is 4.85. The monoisotopic (exact) mass is 267 g/mol. The van der Waals surface area contributed by atoms with Crippen LogP contribution in [0, 0.1) is 5.92 Å². The van der Waals surface area contributed by atoms with Crippen LogP contribution in [0.3, 0.4) is 0 Å². The van der Waals surface area contributed by atoms with Crippen molar-refractivity contribution in [1.82, 2.24) is 15.5 Å². The molecule has 0 aromatic carbocycles. The number of likely N-dealkylation sites (N-methyl/N-ethyl adjacent to an activating group) is 1. The molecule has 2 aliphatic rings. The fourth-order valence-corrected chi connectivity index (χ4v) is 3.50. The summed E-state index contributed by atoms with van der Waals surface area (Å²) in [6.07, 6.45) is 7.84. The van der Waals surface area contributed by atoms with Crippen molar-refractivity contribution in [2.45, 2.75) is 57.5 Å². The molecule has 4 nitrogen and oxygen atoms in total. The van der Waals surface area contributed by atoms with E-state index < -0.39 is 0 Å². The highest BCUT2D eigenvalue weighted by atomic mass is 16.2. The molecule has 19 heavy (non-hydrogen) atoms. The molecule has 1 saturated carbocycles. The molecule has 0 radical (unpaired) electrons. The molecule has 1 aliphatic heterocycles. The molecule has 0 aromatic rings. The van der Waals surface area contributed by atoms with Gasteiger partial charge in [0.1, 0.15) is 0 Å². The van der Waals surface area contributed by atoms with E-state index in [2.05, 4.69) is 10.6 Å². The van der Waals surface area contributed by atoms with E-state index in [1.165, 1.54) is 45.1 Å². The van der Waals surface area contributed by atoms with Gasteiger partial charge in [-0.25, -0.2) is 0 Å². The van der Waals surface area contributed by atoms with Gasteiger partial charge in [0.2, 0.25) is 5.91 Å². The van der Waals surface area contributed by atoms with E-state index in [9.17, 15) is 4.79 Å². The minimum Gasteiger partial charge on any atom is -0.345 e. The highest BCUT2D eigenvalue weighted by molar-refractivity contribution is 5.77. The van der Waals surface area contributed by atoms with Gasteiger partial charge in [-0.15, -0.1) is 0 Å². The topological polar surface area (TPSA) is 44.4 Å². The Morgan fingerprint density at radius 2 is 2.11 bits per heavy atom. The minimum absolute atomic E-state index is 0.213. The van der Waals surface area contributed by atoms with Crippen molar-refractivity contribution in [3.05, 3.63) is 0 Å². The lowest BCUT2D eigenvalue weighted by molar-refractivity contribution is -0.128. The first kappa shape index (κ1) is 14.8. The zero-order valence-corrected chi connectivity index (χ0v) is 12.5. The molecule has 0 spiro atoms. The van der Waals surface area contributed by atoms with Crippen LogP contribution in [-0.4, -0.2) is 49.6 Å². The minimum atomic E-state index is 0.213. The van der Waals surface area contributed by atoms with Crippen LogP contribution in [0.15, 0.2) is 0 Å². The number of nitrogens with one attached hydrogen (secondary N) is 2. The maximum atomic E-state index is 11.9. The Kier molecular flexibility index (Phi) is 5.64. The predicted octanol–water partition coefficient (Wildman–Crippen LogP) is 1.37. The first-order chi connectivity index (χ1) is 9.22. The fourth-order valence-electron chi connectivity index (χ4n) is 3.50. The van der Waals surface area contributed by atoms with Crippen LogP contribution in [0.25, 0.3) is 0 Å². The van der Waals surface area contributed by atoms with Crippen molar-refractivity contribution < 1.29 is 4.79 Å². The van der Waals surface area contributed by atoms with E-state index in [0.29, 0.717) is 18.6 Å². The van der Waals surface area contributed by atoms with Crippen molar-refractivity contribution >= 4 is 5.91 Å². The molecule has 110 valence electrons. The van der Waals surface area contributed by atoms with Gasteiger partial charge in [-0.1, -0.05) is 12.8 Å². The number of nitrogens with zero attached hydrogens (tertiary/aromatic N) is 1. The van der Waals surface area contributed by atoms with E-state index in [4.69, 9.17) is 0 Å². The van der Waals surface area contributed by atoms with Gasteiger partial charge in [0.15, 0.2) is 0 Å². The second-order valence-electron chi connectivity index (χ2n) is 6.05. The second kappa shape index (κ2) is 7.25. The van der Waals surface area contributed by atoms with Crippen LogP contribution in [-0.2, 0) is 4.79 Å². The quantitative estimate of drug-likeness (QED) is 0.790. The van der Waals surface area contributed by atoms with Crippen LogP contribution in [0.5, 0.6) is 0 Å². The second-order valence-corrected chi connectivity index (χ2v) is 6.05. The molecule has 1 heterocycles. The normalized spacial score (nSPS) is 31.4. The molecule has 2 fully saturated rings. The maximum absolute atomic E-state index is 11.9. The molecule has 3 atom stereocenters. The average Bonchev–Trinajstić information content (AvgIpc) is 2.93. The van der Waals surface area contributed by atoms with Crippen molar-refractivity contribution in [3.8, 4) is 0 Å². The number of hydrogen-bond donors (Lipinski definition) is 2. The number of hydrogen-bond acceptors (Lipinski definition) is 3. The van der Waals surface area contributed by atoms with Crippen molar-refractivity contribution in [2.24, 2.45) is 5.92 Å². The number of carbonyl (C=O) groups excluding carboxylic acids is 1. The van der Waals surface area contributed by atoms with E-state index in [0.717, 1.165) is 12.5 Å². The zero-order chi connectivity index (χ0) is 13.7. The molecule has 1 saturated heterocycles. The van der Waals surface area contributed by atoms with Gasteiger partial charge in [-0.05, 0) is 45.1 Å². The molecular formula is C15H29N3O. The van der Waals surface area contributed by atoms with Gasteiger partial charge in [0.05, 0.1) is 6.54 Å². The van der Waals surface area contributed by atoms with Gasteiger partial charge >= 0.3 is 0 Å². The van der Waals surface area contributed by atoms with Gasteiger partial charge in [0.25, 0.3) is 0 Å². The fraction of sp³-hybridized carbons (Fsp3) is 0.933. The Balaban J connectivity index is 1.80. The Hall–Kier alpha value is -0.610. The van der Waals surface area contributed by atoms with Crippen molar-refractivity contribution in [1.29, 1.82) is 0 Å². The Morgan fingerprint density at radius 1 is 1.26 bits per heavy atom. The Labute approximate surface area is 117 Å². The van der Waals surface area contributed by atoms with Crippen LogP contribution in [0.1, 0.15) is 45.4 Å². The van der Waals surface area contributed by atoms with Gasteiger partial charge in [-0.3, -0.25) is 4.79 Å². The summed E-state index contributed by atoms with van der Waals surface area (Å²) in [6, 6.07) is 1.21. The Morgan fingerprint density at radius 3 is 2.79 bits per heavy atom. The lowest BCUT2D eigenvalue weighted by Crippen LogP contribution is -2.48. The maximum Gasteiger partial charge on any atom is 0.236 e. The lowest BCUT2D eigenvalue weighted by Gasteiger charge is -2.33. The van der Waals surface area contributed by atoms with E-state index >= 15 is 0 Å². The lowest BCUT2D eigenvalue weighted by atomic mass is 9.88. The summed E-state index contributed by atoms with van der Waals surface area (Å²) >= 11 is 0. The number of piperidine rings is 1. The van der Waals surface area contributed by atoms with E-state index in [-0.39, 0.29) is 5.91 Å². The standard InChI is InChI=1S/C15H29N3O/c1-3-18(2)15(19)11-17-14-9-6-7-12(14)13-8-4-5-10-16-13/h12-14,16-17H,3-11H2,1-2H3. The third-order valence-corrected chi connectivity index (χ3v) is 4.85. The molecule has 2 N–H and O–H groups in total. The van der Waals surface area contributed by atoms with Gasteiger partial charge < -0.3 is 15.5 Å². The van der Waals surface area contributed by atoms with Crippen LogP contribution < -0.4 is 10.6 Å². The number of carbonyl (C=O) groups is 1. The summed E-state index contributed by atoms with van der Waals surface area (Å²) in [5.74, 6) is 0.935. The van der Waals surface area contributed by atoms with Crippen LogP contribution >= 0.6 is 0 Å². The van der Waals surface area contributed by atoms with Crippen LogP contribution in [0.2, 0.25) is 0 Å². The zero-order valence-electron chi connectivity index (χ0n) is 12.5. The largest absolute Gasteiger partial charge is 0.345 e. The van der Waals surface area contributed by atoms with Gasteiger partial charge in [-0.2, -0.15) is 0 Å². The first-order valence-corrected chi connectivity index (χ1v) is 7.93. The first-order valence-electron chi connectivity index (χ1n) is 7.93. The highest BCUT2D eigenvalue weighted by Gasteiger charge is 2.34. The predicted molar refractivity (Wildman–Crippen MR) is 78.1 cm³/mol. The summed E-state index contributed by atoms with van der Waals surface area (Å²) in [4.78, 5) is 13.6. The Bertz CT molecular complexity index is 289. The molecule has 0 bridgehead atoms. The SMILES string of the molecule is CCN(C)C(=O)CNC1CCCC1C1CCCCN1. The van der Waals surface area contributed by atoms with Crippen molar-refractivity contribution in [2.75, 3.05) is 26.7 Å². The van der Waals surface area contributed by atoms with Gasteiger partial charge in [0, 0.05) is 25.7 Å². The molecule has 2 rings (SSSR count). The highest BCUT2D eigenvalue weighted by Crippen LogP contribution is 2.31. The summed E-state index contributed by atoms with van der Waals surface area (Å²) in [5.41, 5.74) is 0. The van der Waals surface area contributed by atoms with E-state index in [1.807, 2.05) is 14.0 Å². The summed E-state index contributed by atoms with van der Waals surface area (Å²) in [5, 5.41) is 7.19. The molecule has 4 heteroatoms. The smallest absolute Gasteiger partial charge is 0.236 e. The number of rotatable bonds is 5. The molecule has 1 amide bonds. The third kappa shape index (κ3) is 3.93. The molecule has 3 unspecified atom stereocenters. The average molecular weight is 267 g/mol. The molecule has 1 aliphatic carbocycles. The summed E-state index contributed by atoms with van der Waals surface area (Å²) in [6.45, 7) is 4.48. The molecular weight excluding hydrogens is 238 g/mol. The summed E-state index contributed by atoms with van der Waals surface area (Å²) < 4.78 is 0. The summed E-state index contributed by atoms with van der Waals surface area (Å²) in [7, 11) is 1.87. The number of amides is 1. The molecule has 0 aromatic heterocycles. The van der Waals surface area contributed by atoms with E-state index in [1.54, 1.807) is 4.90 Å². The van der Waals surface area contributed by atoms with Crippen LogP contribution in [0.4, 0.5) is 0 Å². The van der Waals surface area contributed by atoms with Crippen molar-refractivity contribution in [3.63, 3.8) is 0 Å².